The van der Waals surface area contributed by atoms with Crippen LogP contribution < -0.4 is 10.6 Å². The van der Waals surface area contributed by atoms with Crippen molar-refractivity contribution in [1.82, 2.24) is 10.6 Å². The molecule has 0 amide bonds. The minimum Gasteiger partial charge on any atom is -0.299 e. The molecule has 3 heteroatoms. The molecule has 0 aliphatic heterocycles. The zero-order chi connectivity index (χ0) is 9.03. The lowest BCUT2D eigenvalue weighted by atomic mass is 9.97. The van der Waals surface area contributed by atoms with Crippen molar-refractivity contribution >= 4 is 6.29 Å². The Balaban J connectivity index is 2.74. The molecular formula is C9H14N2O. The average Bonchev–Trinajstić information content (AvgIpc) is 2.18. The number of carbonyl (C=O) groups excluding carboxylic acids is 1. The fourth-order valence-corrected chi connectivity index (χ4v) is 1.24. The van der Waals surface area contributed by atoms with Gasteiger partial charge in [0.2, 0.25) is 0 Å². The number of hydrogen-bond donors (Lipinski definition) is 2. The highest BCUT2D eigenvalue weighted by Gasteiger charge is 2.23. The van der Waals surface area contributed by atoms with E-state index in [1.807, 2.05) is 32.3 Å². The molecule has 0 fully saturated rings. The van der Waals surface area contributed by atoms with Crippen molar-refractivity contribution in [2.45, 2.75) is 12.1 Å². The molecule has 1 aliphatic carbocycles. The van der Waals surface area contributed by atoms with E-state index < -0.39 is 0 Å². The van der Waals surface area contributed by atoms with Crippen LogP contribution in [-0.4, -0.2) is 26.0 Å². The second-order valence-corrected chi connectivity index (χ2v) is 2.83. The molecule has 12 heavy (non-hydrogen) atoms. The summed E-state index contributed by atoms with van der Waals surface area (Å²) in [5, 5.41) is 6.31. The molecule has 1 rings (SSSR count). The number of hydrogen-bond acceptors (Lipinski definition) is 3. The van der Waals surface area contributed by atoms with E-state index in [4.69, 9.17) is 0 Å². The van der Waals surface area contributed by atoms with Crippen LogP contribution in [0.25, 0.3) is 0 Å². The molecule has 0 aromatic carbocycles. The van der Waals surface area contributed by atoms with Gasteiger partial charge in [-0.3, -0.25) is 15.4 Å². The minimum atomic E-state index is -0.174. The molecule has 0 spiro atoms. The smallest absolute Gasteiger partial charge is 0.149 e. The monoisotopic (exact) mass is 166 g/mol. The molecule has 0 aromatic heterocycles. The lowest BCUT2D eigenvalue weighted by Crippen LogP contribution is -2.52. The SMILES string of the molecule is CNC1(NC)C=CC(C=O)=CC1. The number of allylic oxidation sites excluding steroid dienone is 2. The number of carbonyl (C=O) groups is 1. The largest absolute Gasteiger partial charge is 0.299 e. The van der Waals surface area contributed by atoms with E-state index in [0.29, 0.717) is 0 Å². The van der Waals surface area contributed by atoms with E-state index in [0.717, 1.165) is 18.3 Å². The average molecular weight is 166 g/mol. The van der Waals surface area contributed by atoms with Crippen LogP contribution in [0.4, 0.5) is 0 Å². The van der Waals surface area contributed by atoms with E-state index in [2.05, 4.69) is 10.6 Å². The van der Waals surface area contributed by atoms with Crippen molar-refractivity contribution in [2.75, 3.05) is 14.1 Å². The topological polar surface area (TPSA) is 41.1 Å². The quantitative estimate of drug-likeness (QED) is 0.465. The van der Waals surface area contributed by atoms with Crippen LogP contribution in [0.3, 0.4) is 0 Å². The first kappa shape index (κ1) is 9.16. The van der Waals surface area contributed by atoms with Crippen molar-refractivity contribution in [3.63, 3.8) is 0 Å². The molecule has 2 N–H and O–H groups in total. The predicted molar refractivity (Wildman–Crippen MR) is 48.8 cm³/mol. The van der Waals surface area contributed by atoms with Gasteiger partial charge in [-0.15, -0.1) is 0 Å². The maximum absolute atomic E-state index is 10.4. The van der Waals surface area contributed by atoms with Gasteiger partial charge in [0.05, 0.1) is 5.66 Å². The molecule has 66 valence electrons. The van der Waals surface area contributed by atoms with Gasteiger partial charge in [-0.25, -0.2) is 0 Å². The Labute approximate surface area is 72.5 Å². The first-order valence-electron chi connectivity index (χ1n) is 3.99. The minimum absolute atomic E-state index is 0.174. The number of likely N-dealkylation sites (N-methyl/N-ethyl adjacent to an activating group) is 2. The zero-order valence-corrected chi connectivity index (χ0v) is 7.42. The van der Waals surface area contributed by atoms with E-state index in [1.54, 1.807) is 0 Å². The molecule has 3 nitrogen and oxygen atoms in total. The lowest BCUT2D eigenvalue weighted by Gasteiger charge is -2.31. The fourth-order valence-electron chi connectivity index (χ4n) is 1.24. The number of rotatable bonds is 3. The van der Waals surface area contributed by atoms with E-state index in [1.165, 1.54) is 0 Å². The Hall–Kier alpha value is -0.930. The van der Waals surface area contributed by atoms with Crippen molar-refractivity contribution in [3.8, 4) is 0 Å². The van der Waals surface area contributed by atoms with Crippen molar-refractivity contribution < 1.29 is 4.79 Å². The van der Waals surface area contributed by atoms with E-state index in [9.17, 15) is 4.79 Å². The summed E-state index contributed by atoms with van der Waals surface area (Å²) in [4.78, 5) is 10.4. The van der Waals surface area contributed by atoms with Gasteiger partial charge in [0.25, 0.3) is 0 Å². The molecule has 0 aromatic rings. The molecule has 0 bridgehead atoms. The summed E-state index contributed by atoms with van der Waals surface area (Å²) >= 11 is 0. The summed E-state index contributed by atoms with van der Waals surface area (Å²) in [5.41, 5.74) is 0.572. The Bertz CT molecular complexity index is 227. The van der Waals surface area contributed by atoms with Gasteiger partial charge < -0.3 is 0 Å². The zero-order valence-electron chi connectivity index (χ0n) is 7.42. The molecule has 1 aliphatic rings. The maximum atomic E-state index is 10.4. The Morgan fingerprint density at radius 3 is 2.50 bits per heavy atom. The van der Waals surface area contributed by atoms with Crippen LogP contribution in [0.15, 0.2) is 23.8 Å². The normalized spacial score (nSPS) is 20.3. The van der Waals surface area contributed by atoms with Gasteiger partial charge in [0.15, 0.2) is 0 Å². The lowest BCUT2D eigenvalue weighted by molar-refractivity contribution is -0.104. The molecule has 0 radical (unpaired) electrons. The van der Waals surface area contributed by atoms with Crippen LogP contribution in [0.2, 0.25) is 0 Å². The molecule has 0 saturated heterocycles. The van der Waals surface area contributed by atoms with Crippen LogP contribution in [0, 0.1) is 0 Å². The van der Waals surface area contributed by atoms with E-state index in [-0.39, 0.29) is 5.66 Å². The van der Waals surface area contributed by atoms with E-state index >= 15 is 0 Å². The fraction of sp³-hybridized carbons (Fsp3) is 0.444. The summed E-state index contributed by atoms with van der Waals surface area (Å²) in [7, 11) is 3.78. The first-order valence-corrected chi connectivity index (χ1v) is 3.99. The van der Waals surface area contributed by atoms with Gasteiger partial charge in [0, 0.05) is 12.0 Å². The highest BCUT2D eigenvalue weighted by Crippen LogP contribution is 2.16. The molecule has 0 unspecified atom stereocenters. The summed E-state index contributed by atoms with van der Waals surface area (Å²) < 4.78 is 0. The third kappa shape index (κ3) is 1.62. The van der Waals surface area contributed by atoms with Gasteiger partial charge in [0.1, 0.15) is 6.29 Å². The van der Waals surface area contributed by atoms with Crippen molar-refractivity contribution in [3.05, 3.63) is 23.8 Å². The second-order valence-electron chi connectivity index (χ2n) is 2.83. The maximum Gasteiger partial charge on any atom is 0.149 e. The van der Waals surface area contributed by atoms with Gasteiger partial charge in [-0.1, -0.05) is 12.2 Å². The Morgan fingerprint density at radius 1 is 1.50 bits per heavy atom. The highest BCUT2D eigenvalue weighted by atomic mass is 16.1. The summed E-state index contributed by atoms with van der Waals surface area (Å²) in [6, 6.07) is 0. The highest BCUT2D eigenvalue weighted by molar-refractivity contribution is 5.78. The molecular weight excluding hydrogens is 152 g/mol. The molecule has 0 saturated carbocycles. The van der Waals surface area contributed by atoms with Crippen LogP contribution in [0.5, 0.6) is 0 Å². The van der Waals surface area contributed by atoms with Crippen LogP contribution in [-0.2, 0) is 4.79 Å². The summed E-state index contributed by atoms with van der Waals surface area (Å²) in [6.07, 6.45) is 7.37. The Kier molecular flexibility index (Phi) is 2.78. The number of nitrogens with one attached hydrogen (secondary N) is 2. The van der Waals surface area contributed by atoms with Gasteiger partial charge >= 0.3 is 0 Å². The van der Waals surface area contributed by atoms with Gasteiger partial charge in [-0.2, -0.15) is 0 Å². The standard InChI is InChI=1S/C9H14N2O/c1-10-9(11-2)5-3-8(7-12)4-6-9/h3-5,7,10-11H,6H2,1-2H3. The first-order chi connectivity index (χ1) is 5.76. The van der Waals surface area contributed by atoms with Gasteiger partial charge in [-0.05, 0) is 20.2 Å². The van der Waals surface area contributed by atoms with Crippen molar-refractivity contribution in [2.24, 2.45) is 0 Å². The predicted octanol–water partition coefficient (Wildman–Crippen LogP) is 0.207. The molecule has 0 atom stereocenters. The number of aldehydes is 1. The molecule has 0 heterocycles. The van der Waals surface area contributed by atoms with Crippen molar-refractivity contribution in [1.29, 1.82) is 0 Å². The third-order valence-corrected chi connectivity index (χ3v) is 2.25. The second kappa shape index (κ2) is 3.65. The van der Waals surface area contributed by atoms with Crippen LogP contribution >= 0.6 is 0 Å². The third-order valence-electron chi connectivity index (χ3n) is 2.25. The summed E-state index contributed by atoms with van der Waals surface area (Å²) in [5.74, 6) is 0. The Morgan fingerprint density at radius 2 is 2.17 bits per heavy atom. The summed E-state index contributed by atoms with van der Waals surface area (Å²) in [6.45, 7) is 0. The van der Waals surface area contributed by atoms with Crippen LogP contribution in [0.1, 0.15) is 6.42 Å².